The van der Waals surface area contributed by atoms with Crippen LogP contribution in [0.1, 0.15) is 36.0 Å². The minimum absolute atomic E-state index is 0.00298. The van der Waals surface area contributed by atoms with Crippen molar-refractivity contribution in [3.05, 3.63) is 102 Å². The molecule has 0 aromatic heterocycles. The molecule has 3 aromatic carbocycles. The maximum absolute atomic E-state index is 13.0. The zero-order valence-corrected chi connectivity index (χ0v) is 20.1. The van der Waals surface area contributed by atoms with Gasteiger partial charge in [-0.15, -0.1) is 0 Å². The fourth-order valence-corrected chi connectivity index (χ4v) is 4.64. The minimum atomic E-state index is -0.323. The lowest BCUT2D eigenvalue weighted by Gasteiger charge is -2.41. The molecule has 0 radical (unpaired) electrons. The van der Waals surface area contributed by atoms with Crippen LogP contribution < -0.4 is 10.1 Å². The van der Waals surface area contributed by atoms with E-state index >= 15 is 0 Å². The number of hydrogen-bond donors (Lipinski definition) is 1. The van der Waals surface area contributed by atoms with Crippen LogP contribution in [0.25, 0.3) is 0 Å². The average Bonchev–Trinajstić information content (AvgIpc) is 2.92. The van der Waals surface area contributed by atoms with Gasteiger partial charge in [-0.2, -0.15) is 0 Å². The number of nitrogens with zero attached hydrogens (tertiary/aromatic N) is 1. The highest BCUT2D eigenvalue weighted by Gasteiger charge is 2.39. The lowest BCUT2D eigenvalue weighted by molar-refractivity contribution is -0.123. The van der Waals surface area contributed by atoms with Crippen molar-refractivity contribution in [2.24, 2.45) is 0 Å². The number of amides is 2. The predicted octanol–water partition coefficient (Wildman–Crippen LogP) is 5.07. The summed E-state index contributed by atoms with van der Waals surface area (Å²) in [5, 5.41) is 3.06. The highest BCUT2D eigenvalue weighted by molar-refractivity contribution is 5.78. The van der Waals surface area contributed by atoms with Gasteiger partial charge in [-0.3, -0.25) is 4.79 Å². The van der Waals surface area contributed by atoms with Gasteiger partial charge in [0.05, 0.1) is 7.11 Å². The van der Waals surface area contributed by atoms with Gasteiger partial charge in [-0.05, 0) is 41.7 Å². The first-order valence-electron chi connectivity index (χ1n) is 12.0. The van der Waals surface area contributed by atoms with E-state index in [1.165, 1.54) is 0 Å². The third kappa shape index (κ3) is 6.41. The second-order valence-electron chi connectivity index (χ2n) is 8.98. The summed E-state index contributed by atoms with van der Waals surface area (Å²) in [5.74, 6) is 0.765. The maximum Gasteiger partial charge on any atom is 0.410 e. The van der Waals surface area contributed by atoms with E-state index in [4.69, 9.17) is 9.47 Å². The standard InChI is InChI=1S/C29H32N2O4/c1-34-26-14-8-11-24(19-26)21-30-27(32)20-29(25-12-6-3-7-13-25)15-17-31(18-16-29)28(33)35-22-23-9-4-2-5-10-23/h2-14,19H,15-18,20-22H2,1H3,(H,30,32). The van der Waals surface area contributed by atoms with Crippen molar-refractivity contribution in [3.8, 4) is 5.75 Å². The molecule has 35 heavy (non-hydrogen) atoms. The Kier molecular flexibility index (Phi) is 8.03. The van der Waals surface area contributed by atoms with Gasteiger partial charge in [0, 0.05) is 31.5 Å². The van der Waals surface area contributed by atoms with Gasteiger partial charge < -0.3 is 19.7 Å². The van der Waals surface area contributed by atoms with Crippen LogP contribution >= 0.6 is 0 Å². The molecule has 1 heterocycles. The highest BCUT2D eigenvalue weighted by atomic mass is 16.6. The first-order valence-corrected chi connectivity index (χ1v) is 12.0. The molecule has 1 N–H and O–H groups in total. The molecule has 1 aliphatic heterocycles. The molecule has 6 nitrogen and oxygen atoms in total. The summed E-state index contributed by atoms with van der Waals surface area (Å²) in [4.78, 5) is 27.5. The fraction of sp³-hybridized carbons (Fsp3) is 0.310. The van der Waals surface area contributed by atoms with Crippen LogP contribution in [0.5, 0.6) is 5.75 Å². The Morgan fingerprint density at radius 1 is 0.886 bits per heavy atom. The van der Waals surface area contributed by atoms with Crippen LogP contribution in [0.15, 0.2) is 84.9 Å². The number of likely N-dealkylation sites (tertiary alicyclic amines) is 1. The van der Waals surface area contributed by atoms with Crippen LogP contribution in [0, 0.1) is 0 Å². The quantitative estimate of drug-likeness (QED) is 0.497. The molecule has 0 bridgehead atoms. The fourth-order valence-electron chi connectivity index (χ4n) is 4.64. The van der Waals surface area contributed by atoms with Gasteiger partial charge >= 0.3 is 6.09 Å². The molecule has 0 spiro atoms. The van der Waals surface area contributed by atoms with Gasteiger partial charge in [0.25, 0.3) is 0 Å². The van der Waals surface area contributed by atoms with E-state index in [-0.39, 0.29) is 24.0 Å². The molecule has 1 fully saturated rings. The van der Waals surface area contributed by atoms with E-state index in [1.54, 1.807) is 12.0 Å². The van der Waals surface area contributed by atoms with E-state index in [0.29, 0.717) is 38.9 Å². The summed E-state index contributed by atoms with van der Waals surface area (Å²) >= 11 is 0. The SMILES string of the molecule is COc1cccc(CNC(=O)CC2(c3ccccc3)CCN(C(=O)OCc3ccccc3)CC2)c1. The van der Waals surface area contributed by atoms with Crippen molar-refractivity contribution in [1.82, 2.24) is 10.2 Å². The predicted molar refractivity (Wildman–Crippen MR) is 135 cm³/mol. The zero-order valence-electron chi connectivity index (χ0n) is 20.1. The summed E-state index contributed by atoms with van der Waals surface area (Å²) in [6, 6.07) is 27.5. The van der Waals surface area contributed by atoms with Crippen molar-refractivity contribution in [2.75, 3.05) is 20.2 Å². The average molecular weight is 473 g/mol. The normalized spacial score (nSPS) is 14.7. The number of hydrogen-bond acceptors (Lipinski definition) is 4. The number of rotatable bonds is 8. The monoisotopic (exact) mass is 472 g/mol. The van der Waals surface area contributed by atoms with Crippen molar-refractivity contribution in [3.63, 3.8) is 0 Å². The summed E-state index contributed by atoms with van der Waals surface area (Å²) in [5.41, 5.74) is 2.76. The second-order valence-corrected chi connectivity index (χ2v) is 8.98. The molecule has 2 amide bonds. The molecule has 0 atom stereocenters. The topological polar surface area (TPSA) is 67.9 Å². The van der Waals surface area contributed by atoms with E-state index in [9.17, 15) is 9.59 Å². The van der Waals surface area contributed by atoms with Crippen LogP contribution in [0.2, 0.25) is 0 Å². The Labute approximate surface area is 206 Å². The first kappa shape index (κ1) is 24.3. The van der Waals surface area contributed by atoms with Gasteiger partial charge in [-0.1, -0.05) is 72.8 Å². The smallest absolute Gasteiger partial charge is 0.410 e. The molecule has 0 saturated carbocycles. The van der Waals surface area contributed by atoms with E-state index in [1.807, 2.05) is 72.8 Å². The Morgan fingerprint density at radius 3 is 2.23 bits per heavy atom. The number of benzene rings is 3. The maximum atomic E-state index is 13.0. The lowest BCUT2D eigenvalue weighted by Crippen LogP contribution is -2.47. The number of nitrogens with one attached hydrogen (secondary N) is 1. The second kappa shape index (κ2) is 11.6. The third-order valence-corrected chi connectivity index (χ3v) is 6.69. The Balaban J connectivity index is 1.37. The first-order chi connectivity index (χ1) is 17.1. The van der Waals surface area contributed by atoms with Gasteiger partial charge in [0.15, 0.2) is 0 Å². The van der Waals surface area contributed by atoms with Gasteiger partial charge in [-0.25, -0.2) is 4.79 Å². The van der Waals surface area contributed by atoms with Crippen molar-refractivity contribution >= 4 is 12.0 Å². The largest absolute Gasteiger partial charge is 0.497 e. The van der Waals surface area contributed by atoms with Crippen molar-refractivity contribution in [2.45, 2.75) is 37.8 Å². The Bertz CT molecular complexity index is 1110. The number of carbonyl (C=O) groups excluding carboxylic acids is 2. The van der Waals surface area contributed by atoms with E-state index < -0.39 is 0 Å². The molecule has 1 saturated heterocycles. The Hall–Kier alpha value is -3.80. The van der Waals surface area contributed by atoms with Crippen molar-refractivity contribution < 1.29 is 19.1 Å². The summed E-state index contributed by atoms with van der Waals surface area (Å²) in [6.07, 6.45) is 1.46. The zero-order chi connectivity index (χ0) is 24.5. The molecule has 0 aliphatic carbocycles. The van der Waals surface area contributed by atoms with Gasteiger partial charge in [0.2, 0.25) is 5.91 Å². The van der Waals surface area contributed by atoms with Crippen LogP contribution in [0.4, 0.5) is 4.79 Å². The molecule has 3 aromatic rings. The van der Waals surface area contributed by atoms with Crippen LogP contribution in [-0.2, 0) is 28.1 Å². The molecule has 6 heteroatoms. The van der Waals surface area contributed by atoms with Crippen LogP contribution in [0.3, 0.4) is 0 Å². The summed E-state index contributed by atoms with van der Waals surface area (Å²) < 4.78 is 10.8. The molecule has 0 unspecified atom stereocenters. The number of ether oxygens (including phenoxy) is 2. The number of carbonyl (C=O) groups is 2. The van der Waals surface area contributed by atoms with Crippen molar-refractivity contribution in [1.29, 1.82) is 0 Å². The molecular formula is C29H32N2O4. The van der Waals surface area contributed by atoms with Gasteiger partial charge in [0.1, 0.15) is 12.4 Å². The number of methoxy groups -OCH3 is 1. The summed E-state index contributed by atoms with van der Waals surface area (Å²) in [7, 11) is 1.63. The molecular weight excluding hydrogens is 440 g/mol. The molecule has 1 aliphatic rings. The molecule has 182 valence electrons. The third-order valence-electron chi connectivity index (χ3n) is 6.69. The lowest BCUT2D eigenvalue weighted by atomic mass is 9.70. The molecule has 4 rings (SSSR count). The van der Waals surface area contributed by atoms with E-state index in [0.717, 1.165) is 22.4 Å². The summed E-state index contributed by atoms with van der Waals surface area (Å²) in [6.45, 7) is 1.79. The minimum Gasteiger partial charge on any atom is -0.497 e. The van der Waals surface area contributed by atoms with Crippen LogP contribution in [-0.4, -0.2) is 37.1 Å². The Morgan fingerprint density at radius 2 is 1.54 bits per heavy atom. The highest BCUT2D eigenvalue weighted by Crippen LogP contribution is 2.39. The van der Waals surface area contributed by atoms with E-state index in [2.05, 4.69) is 17.4 Å². The number of piperidine rings is 1.